The van der Waals surface area contributed by atoms with Crippen molar-refractivity contribution in [3.05, 3.63) is 53.0 Å². The highest BCUT2D eigenvalue weighted by Crippen LogP contribution is 2.26. The van der Waals surface area contributed by atoms with Gasteiger partial charge in [-0.25, -0.2) is 16.8 Å². The Kier molecular flexibility index (Phi) is 7.99. The Morgan fingerprint density at radius 1 is 0.829 bits per heavy atom. The molecule has 9 nitrogen and oxygen atoms in total. The molecule has 2 aliphatic heterocycles. The number of anilines is 1. The van der Waals surface area contributed by atoms with Crippen LogP contribution in [0.3, 0.4) is 0 Å². The van der Waals surface area contributed by atoms with Crippen LogP contribution in [-0.2, 0) is 24.8 Å². The van der Waals surface area contributed by atoms with Crippen molar-refractivity contribution >= 4 is 47.6 Å². The fourth-order valence-corrected chi connectivity index (χ4v) is 7.47. The number of piperidine rings is 1. The van der Waals surface area contributed by atoms with Crippen LogP contribution in [0.2, 0.25) is 0 Å². The third-order valence-electron chi connectivity index (χ3n) is 6.43. The van der Waals surface area contributed by atoms with Gasteiger partial charge in [-0.2, -0.15) is 8.61 Å². The number of likely N-dealkylation sites (N-methyl/N-ethyl adjacent to an activating group) is 1. The Labute approximate surface area is 215 Å². The summed E-state index contributed by atoms with van der Waals surface area (Å²) >= 11 is 3.31. The van der Waals surface area contributed by atoms with Gasteiger partial charge in [0.15, 0.2) is 0 Å². The highest BCUT2D eigenvalue weighted by Gasteiger charge is 2.33. The van der Waals surface area contributed by atoms with Crippen LogP contribution < -0.4 is 5.32 Å². The van der Waals surface area contributed by atoms with Crippen molar-refractivity contribution in [2.24, 2.45) is 5.92 Å². The van der Waals surface area contributed by atoms with Crippen molar-refractivity contribution < 1.29 is 21.6 Å². The Morgan fingerprint density at radius 2 is 1.37 bits per heavy atom. The van der Waals surface area contributed by atoms with E-state index < -0.39 is 26.0 Å². The third kappa shape index (κ3) is 5.95. The molecule has 0 saturated carbocycles. The number of nitrogens with zero attached hydrogens (tertiary/aromatic N) is 3. The molecular weight excluding hydrogens is 556 g/mol. The van der Waals surface area contributed by atoms with Gasteiger partial charge >= 0.3 is 0 Å². The van der Waals surface area contributed by atoms with E-state index in [1.807, 2.05) is 7.05 Å². The Bertz CT molecular complexity index is 1260. The number of carbonyl (C=O) groups excluding carboxylic acids is 1. The maximum Gasteiger partial charge on any atom is 0.243 e. The molecule has 1 N–H and O–H groups in total. The van der Waals surface area contributed by atoms with Gasteiger partial charge in [0.2, 0.25) is 26.0 Å². The first-order valence-electron chi connectivity index (χ1n) is 11.4. The molecule has 2 aromatic rings. The molecule has 0 spiro atoms. The maximum absolute atomic E-state index is 13.0. The van der Waals surface area contributed by atoms with E-state index >= 15 is 0 Å². The van der Waals surface area contributed by atoms with Gasteiger partial charge in [0.05, 0.1) is 15.7 Å². The molecule has 12 heteroatoms. The maximum atomic E-state index is 13.0. The van der Waals surface area contributed by atoms with Crippen molar-refractivity contribution in [3.8, 4) is 0 Å². The van der Waals surface area contributed by atoms with Gasteiger partial charge in [0, 0.05) is 49.4 Å². The number of amides is 1. The number of sulfonamides is 2. The monoisotopic (exact) mass is 584 g/mol. The summed E-state index contributed by atoms with van der Waals surface area (Å²) in [4.78, 5) is 15.4. The minimum atomic E-state index is -3.70. The molecule has 0 aliphatic carbocycles. The predicted molar refractivity (Wildman–Crippen MR) is 137 cm³/mol. The molecule has 0 aromatic heterocycles. The van der Waals surface area contributed by atoms with Crippen LogP contribution in [0.1, 0.15) is 12.8 Å². The Balaban J connectivity index is 1.40. The predicted octanol–water partition coefficient (Wildman–Crippen LogP) is 2.42. The molecule has 2 heterocycles. The van der Waals surface area contributed by atoms with Crippen LogP contribution >= 0.6 is 15.9 Å². The largest absolute Gasteiger partial charge is 0.326 e. The summed E-state index contributed by atoms with van der Waals surface area (Å²) < 4.78 is 55.5. The van der Waals surface area contributed by atoms with E-state index in [1.165, 1.54) is 20.7 Å². The number of rotatable bonds is 6. The number of halogens is 1. The van der Waals surface area contributed by atoms with Crippen LogP contribution in [0, 0.1) is 5.92 Å². The van der Waals surface area contributed by atoms with E-state index in [0.29, 0.717) is 51.3 Å². The quantitative estimate of drug-likeness (QED) is 0.559. The average Bonchev–Trinajstić information content (AvgIpc) is 2.85. The highest BCUT2D eigenvalue weighted by atomic mass is 79.9. The molecule has 0 unspecified atom stereocenters. The van der Waals surface area contributed by atoms with E-state index in [2.05, 4.69) is 26.1 Å². The number of nitrogens with one attached hydrogen (secondary N) is 1. The van der Waals surface area contributed by atoms with E-state index in [-0.39, 0.29) is 22.2 Å². The molecule has 2 aromatic carbocycles. The van der Waals surface area contributed by atoms with Gasteiger partial charge in [0.25, 0.3) is 0 Å². The fraction of sp³-hybridized carbons (Fsp3) is 0.435. The second kappa shape index (κ2) is 10.7. The lowest BCUT2D eigenvalue weighted by molar-refractivity contribution is -0.120. The lowest BCUT2D eigenvalue weighted by Gasteiger charge is -2.31. The van der Waals surface area contributed by atoms with E-state index in [4.69, 9.17) is 0 Å². The molecule has 1 amide bonds. The standard InChI is InChI=1S/C23H29BrN4O5S2/c1-26-13-15-27(16-14-26)34(30,31)22-10-6-20(7-11-22)25-23(29)18-3-2-12-28(17-18)35(32,33)21-8-4-19(24)5-9-21/h4-11,18H,2-3,12-17H2,1H3,(H,25,29)/t18-/m1/s1. The van der Waals surface area contributed by atoms with Gasteiger partial charge in [-0.1, -0.05) is 15.9 Å². The second-order valence-corrected chi connectivity index (χ2v) is 13.7. The Hall–Kier alpha value is -1.83. The van der Waals surface area contributed by atoms with Crippen LogP contribution in [0.25, 0.3) is 0 Å². The van der Waals surface area contributed by atoms with Crippen LogP contribution in [0.5, 0.6) is 0 Å². The highest BCUT2D eigenvalue weighted by molar-refractivity contribution is 9.10. The SMILES string of the molecule is CN1CCN(S(=O)(=O)c2ccc(NC(=O)[C@@H]3CCCN(S(=O)(=O)c4ccc(Br)cc4)C3)cc2)CC1. The zero-order valence-electron chi connectivity index (χ0n) is 19.4. The molecule has 1 atom stereocenters. The number of piperazine rings is 1. The molecule has 2 fully saturated rings. The first-order valence-corrected chi connectivity index (χ1v) is 15.1. The van der Waals surface area contributed by atoms with Crippen LogP contribution in [-0.4, -0.2) is 82.6 Å². The number of hydrogen-bond acceptors (Lipinski definition) is 6. The van der Waals surface area contributed by atoms with E-state index in [1.54, 1.807) is 36.4 Å². The lowest BCUT2D eigenvalue weighted by atomic mass is 9.99. The van der Waals surface area contributed by atoms with Crippen molar-refractivity contribution in [1.29, 1.82) is 0 Å². The second-order valence-electron chi connectivity index (χ2n) is 8.88. The normalized spacial score (nSPS) is 21.0. The summed E-state index contributed by atoms with van der Waals surface area (Å²) in [6.45, 7) is 2.71. The average molecular weight is 586 g/mol. The smallest absolute Gasteiger partial charge is 0.243 e. The third-order valence-corrected chi connectivity index (χ3v) is 10.7. The van der Waals surface area contributed by atoms with E-state index in [9.17, 15) is 21.6 Å². The molecule has 2 saturated heterocycles. The molecule has 35 heavy (non-hydrogen) atoms. The summed E-state index contributed by atoms with van der Waals surface area (Å²) in [6.07, 6.45) is 1.16. The molecule has 0 bridgehead atoms. The van der Waals surface area contributed by atoms with Crippen LogP contribution in [0.15, 0.2) is 62.8 Å². The molecule has 0 radical (unpaired) electrons. The lowest BCUT2D eigenvalue weighted by Crippen LogP contribution is -2.47. The molecule has 2 aliphatic rings. The van der Waals surface area contributed by atoms with Crippen molar-refractivity contribution in [3.63, 3.8) is 0 Å². The summed E-state index contributed by atoms with van der Waals surface area (Å²) in [5.74, 6) is -0.780. The van der Waals surface area contributed by atoms with E-state index in [0.717, 1.165) is 4.47 Å². The zero-order valence-corrected chi connectivity index (χ0v) is 22.6. The summed E-state index contributed by atoms with van der Waals surface area (Å²) in [5, 5.41) is 2.81. The van der Waals surface area contributed by atoms with Gasteiger partial charge in [-0.05, 0) is 68.4 Å². The summed E-state index contributed by atoms with van der Waals surface area (Å²) in [5.41, 5.74) is 0.472. The summed E-state index contributed by atoms with van der Waals surface area (Å²) in [6, 6.07) is 12.6. The van der Waals surface area contributed by atoms with Crippen molar-refractivity contribution in [1.82, 2.24) is 13.5 Å². The summed E-state index contributed by atoms with van der Waals surface area (Å²) in [7, 11) is -5.32. The number of hydrogen-bond donors (Lipinski definition) is 1. The van der Waals surface area contributed by atoms with Gasteiger partial charge in [-0.15, -0.1) is 0 Å². The first-order chi connectivity index (χ1) is 16.6. The van der Waals surface area contributed by atoms with Crippen LogP contribution in [0.4, 0.5) is 5.69 Å². The van der Waals surface area contributed by atoms with Crippen molar-refractivity contribution in [2.45, 2.75) is 22.6 Å². The first kappa shape index (κ1) is 26.2. The van der Waals surface area contributed by atoms with Gasteiger partial charge in [0.1, 0.15) is 0 Å². The Morgan fingerprint density at radius 3 is 1.97 bits per heavy atom. The van der Waals surface area contributed by atoms with Gasteiger partial charge < -0.3 is 10.2 Å². The minimum absolute atomic E-state index is 0.0973. The molecule has 4 rings (SSSR count). The molecule has 190 valence electrons. The number of benzene rings is 2. The molecular formula is C23H29BrN4O5S2. The fourth-order valence-electron chi connectivity index (χ4n) is 4.26. The topological polar surface area (TPSA) is 107 Å². The van der Waals surface area contributed by atoms with Crippen molar-refractivity contribution in [2.75, 3.05) is 51.6 Å². The zero-order chi connectivity index (χ0) is 25.2. The van der Waals surface area contributed by atoms with Gasteiger partial charge in [-0.3, -0.25) is 4.79 Å². The minimum Gasteiger partial charge on any atom is -0.326 e. The number of carbonyl (C=O) groups is 1.